The van der Waals surface area contributed by atoms with E-state index >= 15 is 0 Å². The second-order valence-corrected chi connectivity index (χ2v) is 15.1. The van der Waals surface area contributed by atoms with Gasteiger partial charge in [0.2, 0.25) is 0 Å². The van der Waals surface area contributed by atoms with E-state index in [1.807, 2.05) is 12.2 Å². The van der Waals surface area contributed by atoms with Crippen molar-refractivity contribution in [2.75, 3.05) is 26.4 Å². The lowest BCUT2D eigenvalue weighted by atomic mass is 10.0. The van der Waals surface area contributed by atoms with Crippen LogP contribution in [-0.4, -0.2) is 65.7 Å². The molecule has 0 aromatic heterocycles. The molecule has 0 saturated heterocycles. The fraction of sp³-hybridized carbons (Fsp3) is 0.721. The second-order valence-electron chi connectivity index (χ2n) is 13.6. The molecule has 312 valence electrons. The Morgan fingerprint density at radius 3 is 1.52 bits per heavy atom. The van der Waals surface area contributed by atoms with Crippen LogP contribution in [0.5, 0.6) is 0 Å². The summed E-state index contributed by atoms with van der Waals surface area (Å²) in [5.41, 5.74) is 0. The highest BCUT2D eigenvalue weighted by atomic mass is 31.2. The van der Waals surface area contributed by atoms with Gasteiger partial charge in [-0.3, -0.25) is 18.6 Å². The molecule has 0 saturated carbocycles. The van der Waals surface area contributed by atoms with Gasteiger partial charge in [0.25, 0.3) is 0 Å². The van der Waals surface area contributed by atoms with Crippen molar-refractivity contribution in [1.82, 2.24) is 0 Å². The zero-order valence-electron chi connectivity index (χ0n) is 33.7. The molecule has 11 heteroatoms. The third-order valence-electron chi connectivity index (χ3n) is 8.44. The van der Waals surface area contributed by atoms with E-state index in [-0.39, 0.29) is 19.4 Å². The van der Waals surface area contributed by atoms with Crippen molar-refractivity contribution >= 4 is 19.8 Å². The van der Waals surface area contributed by atoms with Crippen molar-refractivity contribution in [1.29, 1.82) is 0 Å². The summed E-state index contributed by atoms with van der Waals surface area (Å²) in [6.07, 6.45) is 41.9. The number of carbonyl (C=O) groups excluding carboxylic acids is 2. The van der Waals surface area contributed by atoms with Crippen LogP contribution < -0.4 is 0 Å². The maximum absolute atomic E-state index is 12.6. The first-order valence-corrected chi connectivity index (χ1v) is 22.2. The fourth-order valence-electron chi connectivity index (χ4n) is 5.26. The Hall–Kier alpha value is -2.33. The van der Waals surface area contributed by atoms with E-state index < -0.39 is 51.8 Å². The van der Waals surface area contributed by atoms with E-state index in [9.17, 15) is 24.2 Å². The first-order valence-electron chi connectivity index (χ1n) is 20.7. The summed E-state index contributed by atoms with van der Waals surface area (Å²) in [5, 5.41) is 18.3. The van der Waals surface area contributed by atoms with Crippen molar-refractivity contribution in [3.05, 3.63) is 60.8 Å². The maximum atomic E-state index is 12.6. The zero-order chi connectivity index (χ0) is 39.8. The third-order valence-corrected chi connectivity index (χ3v) is 9.39. The van der Waals surface area contributed by atoms with Crippen molar-refractivity contribution < 1.29 is 47.8 Å². The number of rotatable bonds is 38. The minimum absolute atomic E-state index is 0.105. The van der Waals surface area contributed by atoms with Crippen molar-refractivity contribution in [2.24, 2.45) is 0 Å². The molecule has 3 N–H and O–H groups in total. The smallest absolute Gasteiger partial charge is 0.462 e. The number of phosphoric ester groups is 1. The number of aliphatic hydroxyl groups is 2. The Morgan fingerprint density at radius 1 is 0.574 bits per heavy atom. The van der Waals surface area contributed by atoms with Crippen LogP contribution in [0.4, 0.5) is 0 Å². The summed E-state index contributed by atoms with van der Waals surface area (Å²) in [6, 6.07) is 0. The zero-order valence-corrected chi connectivity index (χ0v) is 34.6. The number of allylic oxidation sites excluding steroid dienone is 10. The average molecular weight is 783 g/mol. The SMILES string of the molecule is CC/C=C\C/C=C\C/C=C\C/C=C\C/C=C\CCCC(=O)O[C@H](COC(=O)CCCCCCCCCCCCCCCC)COP(=O)(O)OC[C@@H](O)CO. The summed E-state index contributed by atoms with van der Waals surface area (Å²) in [5.74, 6) is -0.994. The average Bonchev–Trinajstić information content (AvgIpc) is 3.16. The quantitative estimate of drug-likeness (QED) is 0.0239. The molecule has 0 aliphatic rings. The minimum Gasteiger partial charge on any atom is -0.462 e. The van der Waals surface area contributed by atoms with Gasteiger partial charge in [-0.05, 0) is 51.4 Å². The van der Waals surface area contributed by atoms with E-state index in [2.05, 4.69) is 67.0 Å². The summed E-state index contributed by atoms with van der Waals surface area (Å²) in [4.78, 5) is 34.9. The Balaban J connectivity index is 4.43. The Kier molecular flexibility index (Phi) is 37.2. The van der Waals surface area contributed by atoms with Gasteiger partial charge in [0.15, 0.2) is 6.10 Å². The largest absolute Gasteiger partial charge is 0.472 e. The fourth-order valence-corrected chi connectivity index (χ4v) is 6.05. The molecule has 0 aromatic rings. The number of unbranched alkanes of at least 4 members (excludes halogenated alkanes) is 14. The first-order chi connectivity index (χ1) is 26.2. The van der Waals surface area contributed by atoms with E-state index in [4.69, 9.17) is 19.1 Å². The molecule has 0 spiro atoms. The number of aliphatic hydroxyl groups excluding tert-OH is 2. The van der Waals surface area contributed by atoms with E-state index in [1.165, 1.54) is 64.2 Å². The topological polar surface area (TPSA) is 149 Å². The van der Waals surface area contributed by atoms with E-state index in [0.717, 1.165) is 51.4 Å². The Bertz CT molecular complexity index is 1080. The molecule has 0 bridgehead atoms. The molecular formula is C43H75O10P. The van der Waals surface area contributed by atoms with E-state index in [0.29, 0.717) is 19.3 Å². The number of hydrogen-bond donors (Lipinski definition) is 3. The van der Waals surface area contributed by atoms with Crippen molar-refractivity contribution in [3.8, 4) is 0 Å². The van der Waals surface area contributed by atoms with E-state index in [1.54, 1.807) is 0 Å². The third kappa shape index (κ3) is 38.0. The van der Waals surface area contributed by atoms with Crippen LogP contribution in [0.15, 0.2) is 60.8 Å². The predicted molar refractivity (Wildman–Crippen MR) is 219 cm³/mol. The van der Waals surface area contributed by atoms with Gasteiger partial charge in [-0.2, -0.15) is 0 Å². The van der Waals surface area contributed by atoms with Crippen molar-refractivity contribution in [2.45, 2.75) is 174 Å². The molecule has 0 fully saturated rings. The van der Waals surface area contributed by atoms with Gasteiger partial charge in [0.1, 0.15) is 12.7 Å². The number of carbonyl (C=O) groups is 2. The maximum Gasteiger partial charge on any atom is 0.472 e. The predicted octanol–water partition coefficient (Wildman–Crippen LogP) is 10.7. The van der Waals surface area contributed by atoms with Crippen LogP contribution >= 0.6 is 7.82 Å². The summed E-state index contributed by atoms with van der Waals surface area (Å²) in [7, 11) is -4.63. The summed E-state index contributed by atoms with van der Waals surface area (Å²) in [6.45, 7) is 2.19. The van der Waals surface area contributed by atoms with Gasteiger partial charge < -0.3 is 24.6 Å². The molecule has 0 aliphatic carbocycles. The number of esters is 2. The monoisotopic (exact) mass is 783 g/mol. The van der Waals surface area contributed by atoms with Gasteiger partial charge in [0, 0.05) is 12.8 Å². The van der Waals surface area contributed by atoms with Crippen LogP contribution in [0.2, 0.25) is 0 Å². The molecule has 3 atom stereocenters. The number of phosphoric acid groups is 1. The standard InChI is InChI=1S/C43H75O10P/c1-3-5-7-9-11-13-15-17-19-20-21-23-25-27-29-31-33-35-43(47)53-41(39-52-54(48,49)51-37-40(45)36-44)38-50-42(46)34-32-30-28-26-24-22-18-16-14-12-10-8-6-4-2/h5,7,11,13,17,19,21,23,27,29,40-41,44-45H,3-4,6,8-10,12,14-16,18,20,22,24-26,28,30-39H2,1-2H3,(H,48,49)/b7-5-,13-11-,19-17-,23-21-,29-27-/t40-,41+/m0/s1. The van der Waals surface area contributed by atoms with Gasteiger partial charge in [-0.25, -0.2) is 4.57 Å². The summed E-state index contributed by atoms with van der Waals surface area (Å²) < 4.78 is 32.6. The normalized spacial score (nSPS) is 14.5. The lowest BCUT2D eigenvalue weighted by Crippen LogP contribution is -2.29. The minimum atomic E-state index is -4.63. The summed E-state index contributed by atoms with van der Waals surface area (Å²) >= 11 is 0. The molecule has 0 radical (unpaired) electrons. The Labute approximate surface area is 327 Å². The molecule has 0 amide bonds. The lowest BCUT2D eigenvalue weighted by Gasteiger charge is -2.20. The van der Waals surface area contributed by atoms with Crippen LogP contribution in [0.25, 0.3) is 0 Å². The molecule has 10 nitrogen and oxygen atoms in total. The lowest BCUT2D eigenvalue weighted by molar-refractivity contribution is -0.161. The molecule has 0 aliphatic heterocycles. The van der Waals surface area contributed by atoms with Crippen LogP contribution in [0, 0.1) is 0 Å². The van der Waals surface area contributed by atoms with Gasteiger partial charge in [-0.15, -0.1) is 0 Å². The van der Waals surface area contributed by atoms with Gasteiger partial charge in [0.05, 0.1) is 19.8 Å². The molecule has 0 heterocycles. The number of hydrogen-bond acceptors (Lipinski definition) is 9. The second kappa shape index (κ2) is 38.9. The number of ether oxygens (including phenoxy) is 2. The molecular weight excluding hydrogens is 707 g/mol. The molecule has 54 heavy (non-hydrogen) atoms. The van der Waals surface area contributed by atoms with Crippen LogP contribution in [0.1, 0.15) is 162 Å². The molecule has 1 unspecified atom stereocenters. The van der Waals surface area contributed by atoms with Crippen molar-refractivity contribution in [3.63, 3.8) is 0 Å². The Morgan fingerprint density at radius 2 is 1.02 bits per heavy atom. The molecule has 0 rings (SSSR count). The highest BCUT2D eigenvalue weighted by molar-refractivity contribution is 7.47. The van der Waals surface area contributed by atoms with Gasteiger partial charge in [-0.1, -0.05) is 158 Å². The highest BCUT2D eigenvalue weighted by Crippen LogP contribution is 2.43. The highest BCUT2D eigenvalue weighted by Gasteiger charge is 2.27. The van der Waals surface area contributed by atoms with Crippen LogP contribution in [0.3, 0.4) is 0 Å². The van der Waals surface area contributed by atoms with Crippen LogP contribution in [-0.2, 0) is 32.7 Å². The first kappa shape index (κ1) is 51.7. The van der Waals surface area contributed by atoms with Gasteiger partial charge >= 0.3 is 19.8 Å². The molecule has 0 aromatic carbocycles.